The maximum Gasteiger partial charge on any atom is 0.128 e. The molecule has 0 fully saturated rings. The molecule has 4 nitrogen and oxygen atoms in total. The number of aliphatic hydroxyl groups is 1. The summed E-state index contributed by atoms with van der Waals surface area (Å²) in [6.07, 6.45) is 1.83. The Hall–Kier alpha value is -3.24. The summed E-state index contributed by atoms with van der Waals surface area (Å²) in [5.41, 5.74) is 4.03. The maximum absolute atomic E-state index is 9.71. The predicted octanol–water partition coefficient (Wildman–Crippen LogP) is 7.16. The van der Waals surface area contributed by atoms with E-state index >= 15 is 0 Å². The molecular formula is C26H27ClN2O2. The number of aliphatic hydroxyl groups excluding tert-OH is 1. The van der Waals surface area contributed by atoms with Gasteiger partial charge in [-0.1, -0.05) is 50.7 Å². The van der Waals surface area contributed by atoms with Crippen LogP contribution in [0.4, 0.5) is 0 Å². The smallest absolute Gasteiger partial charge is 0.128 e. The fourth-order valence-corrected chi connectivity index (χ4v) is 3.07. The SMILES string of the molecule is C=C(NCC(C)(C)C(=C)O)c1ncc(-c2cccc(Oc3ccc(Cl)cc3)c2)cc1C. The molecule has 3 rings (SSSR count). The fourth-order valence-electron chi connectivity index (χ4n) is 2.94. The lowest BCUT2D eigenvalue weighted by Crippen LogP contribution is -2.30. The second-order valence-corrected chi connectivity index (χ2v) is 8.57. The quantitative estimate of drug-likeness (QED) is 0.369. The molecule has 1 aromatic heterocycles. The average Bonchev–Trinajstić information content (AvgIpc) is 2.74. The summed E-state index contributed by atoms with van der Waals surface area (Å²) in [5, 5.41) is 13.6. The molecule has 5 heteroatoms. The number of nitrogens with zero attached hydrogens (tertiary/aromatic N) is 1. The molecule has 0 bridgehead atoms. The molecule has 0 aliphatic rings. The highest BCUT2D eigenvalue weighted by Crippen LogP contribution is 2.29. The molecule has 0 saturated carbocycles. The van der Waals surface area contributed by atoms with Crippen LogP contribution < -0.4 is 10.1 Å². The third-order valence-corrected chi connectivity index (χ3v) is 5.36. The van der Waals surface area contributed by atoms with Gasteiger partial charge in [-0.2, -0.15) is 0 Å². The Kier molecular flexibility index (Phi) is 6.71. The molecular weight excluding hydrogens is 408 g/mol. The molecule has 0 aliphatic carbocycles. The zero-order valence-corrected chi connectivity index (χ0v) is 18.8. The van der Waals surface area contributed by atoms with Crippen molar-refractivity contribution in [2.24, 2.45) is 5.41 Å². The standard InChI is InChI=1S/C26H27ClN2O2/c1-17-13-21(15-28-25(17)18(2)29-16-26(4,5)19(3)30)20-7-6-8-24(14-20)31-23-11-9-22(27)10-12-23/h6-15,29-30H,2-3,16H2,1,4-5H3. The van der Waals surface area contributed by atoms with Crippen LogP contribution in [0.2, 0.25) is 5.02 Å². The van der Waals surface area contributed by atoms with Crippen molar-refractivity contribution in [3.8, 4) is 22.6 Å². The Bertz CT molecular complexity index is 1100. The van der Waals surface area contributed by atoms with Crippen LogP contribution in [-0.4, -0.2) is 16.6 Å². The van der Waals surface area contributed by atoms with E-state index in [1.54, 1.807) is 12.1 Å². The van der Waals surface area contributed by atoms with Crippen LogP contribution in [0.15, 0.2) is 79.7 Å². The van der Waals surface area contributed by atoms with Crippen molar-refractivity contribution in [3.05, 3.63) is 96.0 Å². The van der Waals surface area contributed by atoms with Gasteiger partial charge in [0.1, 0.15) is 11.5 Å². The van der Waals surface area contributed by atoms with Crippen molar-refractivity contribution in [1.29, 1.82) is 0 Å². The molecule has 31 heavy (non-hydrogen) atoms. The molecule has 1 heterocycles. The van der Waals surface area contributed by atoms with E-state index in [4.69, 9.17) is 16.3 Å². The first kappa shape index (κ1) is 22.4. The summed E-state index contributed by atoms with van der Waals surface area (Å²) < 4.78 is 5.94. The van der Waals surface area contributed by atoms with E-state index in [-0.39, 0.29) is 5.76 Å². The van der Waals surface area contributed by atoms with Crippen LogP contribution in [0.3, 0.4) is 0 Å². The van der Waals surface area contributed by atoms with E-state index in [0.29, 0.717) is 17.3 Å². The van der Waals surface area contributed by atoms with Crippen LogP contribution in [0.5, 0.6) is 11.5 Å². The number of hydrogen-bond donors (Lipinski definition) is 2. The Morgan fingerprint density at radius 3 is 2.42 bits per heavy atom. The highest BCUT2D eigenvalue weighted by molar-refractivity contribution is 6.30. The molecule has 0 aliphatic heterocycles. The molecule has 0 radical (unpaired) electrons. The van der Waals surface area contributed by atoms with E-state index in [1.165, 1.54) is 0 Å². The van der Waals surface area contributed by atoms with Crippen LogP contribution in [0.25, 0.3) is 16.8 Å². The van der Waals surface area contributed by atoms with Gasteiger partial charge in [0.05, 0.1) is 17.2 Å². The van der Waals surface area contributed by atoms with Gasteiger partial charge in [-0.15, -0.1) is 0 Å². The number of halogens is 1. The summed E-state index contributed by atoms with van der Waals surface area (Å²) in [5.74, 6) is 1.59. The maximum atomic E-state index is 9.71. The zero-order valence-electron chi connectivity index (χ0n) is 18.1. The average molecular weight is 435 g/mol. The van der Waals surface area contributed by atoms with Gasteiger partial charge < -0.3 is 15.2 Å². The summed E-state index contributed by atoms with van der Waals surface area (Å²) in [6.45, 7) is 14.1. The van der Waals surface area contributed by atoms with Crippen LogP contribution in [0, 0.1) is 12.3 Å². The fraction of sp³-hybridized carbons (Fsp3) is 0.192. The Balaban J connectivity index is 1.75. The largest absolute Gasteiger partial charge is 0.512 e. The van der Waals surface area contributed by atoms with Crippen molar-refractivity contribution >= 4 is 17.3 Å². The van der Waals surface area contributed by atoms with E-state index in [1.807, 2.05) is 63.4 Å². The summed E-state index contributed by atoms with van der Waals surface area (Å²) in [6, 6.07) is 17.2. The van der Waals surface area contributed by atoms with E-state index in [9.17, 15) is 5.11 Å². The van der Waals surface area contributed by atoms with Crippen LogP contribution in [-0.2, 0) is 0 Å². The number of rotatable bonds is 8. The number of nitrogens with one attached hydrogen (secondary N) is 1. The van der Waals surface area contributed by atoms with Gasteiger partial charge in [-0.3, -0.25) is 4.98 Å². The molecule has 0 amide bonds. The number of pyridine rings is 1. The monoisotopic (exact) mass is 434 g/mol. The first-order chi connectivity index (χ1) is 14.7. The Labute approximate surface area is 188 Å². The van der Waals surface area contributed by atoms with Gasteiger partial charge in [0.15, 0.2) is 0 Å². The van der Waals surface area contributed by atoms with Crippen molar-refractivity contribution in [3.63, 3.8) is 0 Å². The van der Waals surface area contributed by atoms with Gasteiger partial charge in [-0.25, -0.2) is 0 Å². The molecule has 160 valence electrons. The number of aryl methyl sites for hydroxylation is 1. The van der Waals surface area contributed by atoms with Gasteiger partial charge in [0.25, 0.3) is 0 Å². The summed E-state index contributed by atoms with van der Waals surface area (Å²) in [4.78, 5) is 4.62. The lowest BCUT2D eigenvalue weighted by atomic mass is 9.91. The molecule has 2 aromatic carbocycles. The van der Waals surface area contributed by atoms with E-state index in [0.717, 1.165) is 33.9 Å². The molecule has 0 unspecified atom stereocenters. The minimum atomic E-state index is -0.457. The highest BCUT2D eigenvalue weighted by Gasteiger charge is 2.22. The summed E-state index contributed by atoms with van der Waals surface area (Å²) >= 11 is 5.94. The zero-order chi connectivity index (χ0) is 22.6. The van der Waals surface area contributed by atoms with E-state index < -0.39 is 5.41 Å². The number of aromatic nitrogens is 1. The second-order valence-electron chi connectivity index (χ2n) is 8.14. The Morgan fingerprint density at radius 1 is 1.06 bits per heavy atom. The van der Waals surface area contributed by atoms with Crippen LogP contribution >= 0.6 is 11.6 Å². The third kappa shape index (κ3) is 5.68. The lowest BCUT2D eigenvalue weighted by Gasteiger charge is -2.25. The van der Waals surface area contributed by atoms with Crippen molar-refractivity contribution in [2.45, 2.75) is 20.8 Å². The molecule has 2 N–H and O–H groups in total. The molecule has 3 aromatic rings. The van der Waals surface area contributed by atoms with Gasteiger partial charge in [-0.05, 0) is 60.5 Å². The topological polar surface area (TPSA) is 54.4 Å². The van der Waals surface area contributed by atoms with Gasteiger partial charge in [0, 0.05) is 28.7 Å². The molecule has 0 saturated heterocycles. The normalized spacial score (nSPS) is 11.1. The minimum absolute atomic E-state index is 0.133. The lowest BCUT2D eigenvalue weighted by molar-refractivity contribution is 0.259. The van der Waals surface area contributed by atoms with Crippen molar-refractivity contribution in [2.75, 3.05) is 6.54 Å². The third-order valence-electron chi connectivity index (χ3n) is 5.11. The summed E-state index contributed by atoms with van der Waals surface area (Å²) in [7, 11) is 0. The predicted molar refractivity (Wildman–Crippen MR) is 129 cm³/mol. The van der Waals surface area contributed by atoms with Crippen molar-refractivity contribution in [1.82, 2.24) is 10.3 Å². The van der Waals surface area contributed by atoms with Gasteiger partial charge >= 0.3 is 0 Å². The first-order valence-electron chi connectivity index (χ1n) is 9.98. The number of hydrogen-bond acceptors (Lipinski definition) is 4. The second kappa shape index (κ2) is 9.27. The highest BCUT2D eigenvalue weighted by atomic mass is 35.5. The first-order valence-corrected chi connectivity index (χ1v) is 10.4. The van der Waals surface area contributed by atoms with Gasteiger partial charge in [0.2, 0.25) is 0 Å². The molecule has 0 spiro atoms. The Morgan fingerprint density at radius 2 is 1.77 bits per heavy atom. The number of ether oxygens (including phenoxy) is 1. The minimum Gasteiger partial charge on any atom is -0.512 e. The number of benzene rings is 2. The van der Waals surface area contributed by atoms with Crippen molar-refractivity contribution < 1.29 is 9.84 Å². The van der Waals surface area contributed by atoms with Crippen LogP contribution in [0.1, 0.15) is 25.1 Å². The van der Waals surface area contributed by atoms with E-state index in [2.05, 4.69) is 29.5 Å². The molecule has 0 atom stereocenters.